The van der Waals surface area contributed by atoms with Crippen molar-refractivity contribution in [2.45, 2.75) is 6.92 Å². The minimum atomic E-state index is -1.02. The summed E-state index contributed by atoms with van der Waals surface area (Å²) in [4.78, 5) is 15.9. The van der Waals surface area contributed by atoms with E-state index in [-0.39, 0.29) is 5.56 Å². The van der Waals surface area contributed by atoms with Gasteiger partial charge in [-0.15, -0.1) is 0 Å². The SMILES string of the molecule is Cc1nn(C)cc1Nc1nc2ccccc2cc1C(=O)O. The number of benzene rings is 1. The van der Waals surface area contributed by atoms with Crippen LogP contribution in [0.5, 0.6) is 0 Å². The van der Waals surface area contributed by atoms with E-state index < -0.39 is 5.97 Å². The second-order valence-electron chi connectivity index (χ2n) is 4.81. The van der Waals surface area contributed by atoms with Crippen LogP contribution < -0.4 is 5.32 Å². The smallest absolute Gasteiger partial charge is 0.339 e. The summed E-state index contributed by atoms with van der Waals surface area (Å²) in [6, 6.07) is 9.04. The van der Waals surface area contributed by atoms with Crippen LogP contribution in [-0.4, -0.2) is 25.8 Å². The van der Waals surface area contributed by atoms with E-state index in [9.17, 15) is 9.90 Å². The van der Waals surface area contributed by atoms with Crippen molar-refractivity contribution in [1.29, 1.82) is 0 Å². The molecular formula is C15H14N4O2. The quantitative estimate of drug-likeness (QED) is 0.772. The monoisotopic (exact) mass is 282 g/mol. The number of carboxylic acid groups (broad SMARTS) is 1. The fourth-order valence-electron chi connectivity index (χ4n) is 2.22. The van der Waals surface area contributed by atoms with Crippen LogP contribution >= 0.6 is 0 Å². The van der Waals surface area contributed by atoms with Gasteiger partial charge in [-0.05, 0) is 19.1 Å². The fraction of sp³-hybridized carbons (Fsp3) is 0.133. The van der Waals surface area contributed by atoms with Crippen molar-refractivity contribution in [1.82, 2.24) is 14.8 Å². The summed E-state index contributed by atoms with van der Waals surface area (Å²) in [6.45, 7) is 1.85. The Kier molecular flexibility index (Phi) is 3.06. The van der Waals surface area contributed by atoms with Crippen molar-refractivity contribution in [2.24, 2.45) is 7.05 Å². The van der Waals surface area contributed by atoms with Crippen molar-refractivity contribution >= 4 is 28.4 Å². The van der Waals surface area contributed by atoms with Crippen molar-refractivity contribution in [3.05, 3.63) is 47.8 Å². The highest BCUT2D eigenvalue weighted by molar-refractivity contribution is 5.98. The number of nitrogens with one attached hydrogen (secondary N) is 1. The van der Waals surface area contributed by atoms with Crippen molar-refractivity contribution < 1.29 is 9.90 Å². The van der Waals surface area contributed by atoms with E-state index in [0.717, 1.165) is 22.3 Å². The molecule has 0 saturated carbocycles. The molecule has 0 saturated heterocycles. The molecule has 2 heterocycles. The minimum absolute atomic E-state index is 0.136. The third kappa shape index (κ3) is 2.43. The largest absolute Gasteiger partial charge is 0.478 e. The second kappa shape index (κ2) is 4.90. The molecule has 0 atom stereocenters. The molecule has 0 aliphatic heterocycles. The zero-order chi connectivity index (χ0) is 15.0. The predicted octanol–water partition coefficient (Wildman–Crippen LogP) is 2.72. The number of carbonyl (C=O) groups is 1. The van der Waals surface area contributed by atoms with Crippen LogP contribution in [0.1, 0.15) is 16.1 Å². The summed E-state index contributed by atoms with van der Waals surface area (Å²) in [7, 11) is 1.81. The lowest BCUT2D eigenvalue weighted by Gasteiger charge is -2.09. The van der Waals surface area contributed by atoms with E-state index in [1.54, 1.807) is 16.9 Å². The lowest BCUT2D eigenvalue weighted by Crippen LogP contribution is -2.05. The first-order valence-corrected chi connectivity index (χ1v) is 6.45. The maximum Gasteiger partial charge on any atom is 0.339 e. The number of aryl methyl sites for hydroxylation is 2. The number of carboxylic acids is 1. The first-order valence-electron chi connectivity index (χ1n) is 6.45. The molecule has 3 aromatic rings. The summed E-state index contributed by atoms with van der Waals surface area (Å²) < 4.78 is 1.67. The first-order chi connectivity index (χ1) is 10.0. The Balaban J connectivity index is 2.13. The normalized spacial score (nSPS) is 10.8. The fourth-order valence-corrected chi connectivity index (χ4v) is 2.22. The molecule has 0 unspecified atom stereocenters. The van der Waals surface area contributed by atoms with E-state index in [4.69, 9.17) is 0 Å². The van der Waals surface area contributed by atoms with Crippen LogP contribution in [-0.2, 0) is 7.05 Å². The van der Waals surface area contributed by atoms with Crippen LogP contribution in [0.3, 0.4) is 0 Å². The molecule has 2 N–H and O–H groups in total. The van der Waals surface area contributed by atoms with Gasteiger partial charge in [0.1, 0.15) is 11.4 Å². The van der Waals surface area contributed by atoms with Crippen LogP contribution in [0.4, 0.5) is 11.5 Å². The molecular weight excluding hydrogens is 268 g/mol. The van der Waals surface area contributed by atoms with Crippen molar-refractivity contribution in [2.75, 3.05) is 5.32 Å². The second-order valence-corrected chi connectivity index (χ2v) is 4.81. The minimum Gasteiger partial charge on any atom is -0.478 e. The predicted molar refractivity (Wildman–Crippen MR) is 79.9 cm³/mol. The Bertz CT molecular complexity index is 839. The molecule has 0 spiro atoms. The molecule has 0 fully saturated rings. The summed E-state index contributed by atoms with van der Waals surface area (Å²) >= 11 is 0. The van der Waals surface area contributed by atoms with Crippen molar-refractivity contribution in [3.63, 3.8) is 0 Å². The summed E-state index contributed by atoms with van der Waals surface area (Å²) in [6.07, 6.45) is 1.79. The number of rotatable bonds is 3. The third-order valence-electron chi connectivity index (χ3n) is 3.22. The highest BCUT2D eigenvalue weighted by Gasteiger charge is 2.15. The number of nitrogens with zero attached hydrogens (tertiary/aromatic N) is 3. The highest BCUT2D eigenvalue weighted by atomic mass is 16.4. The van der Waals surface area contributed by atoms with Gasteiger partial charge in [0, 0.05) is 18.6 Å². The number of fused-ring (bicyclic) bond motifs is 1. The molecule has 1 aromatic carbocycles. The van der Waals surface area contributed by atoms with Crippen LogP contribution in [0, 0.1) is 6.92 Å². The lowest BCUT2D eigenvalue weighted by molar-refractivity contribution is 0.0698. The van der Waals surface area contributed by atoms with Gasteiger partial charge in [-0.1, -0.05) is 18.2 Å². The summed E-state index contributed by atoms with van der Waals surface area (Å²) in [5.74, 6) is -0.699. The van der Waals surface area contributed by atoms with Gasteiger partial charge >= 0.3 is 5.97 Å². The van der Waals surface area contributed by atoms with E-state index in [2.05, 4.69) is 15.4 Å². The Morgan fingerprint density at radius 1 is 1.33 bits per heavy atom. The molecule has 6 heteroatoms. The number of aromatic nitrogens is 3. The molecule has 0 aliphatic rings. The van der Waals surface area contributed by atoms with Gasteiger partial charge in [0.15, 0.2) is 0 Å². The molecule has 0 radical (unpaired) electrons. The number of aromatic carboxylic acids is 1. The van der Waals surface area contributed by atoms with Gasteiger partial charge in [-0.25, -0.2) is 9.78 Å². The molecule has 3 rings (SSSR count). The van der Waals surface area contributed by atoms with Crippen molar-refractivity contribution in [3.8, 4) is 0 Å². The molecule has 106 valence electrons. The number of anilines is 2. The average molecular weight is 282 g/mol. The Hall–Kier alpha value is -2.89. The lowest BCUT2D eigenvalue weighted by atomic mass is 10.1. The Labute approximate surface area is 121 Å². The number of para-hydroxylation sites is 1. The molecule has 2 aromatic heterocycles. The van der Waals surface area contributed by atoms with Crippen LogP contribution in [0.2, 0.25) is 0 Å². The van der Waals surface area contributed by atoms with Gasteiger partial charge in [0.2, 0.25) is 0 Å². The van der Waals surface area contributed by atoms with E-state index in [1.807, 2.05) is 38.2 Å². The van der Waals surface area contributed by atoms with E-state index in [0.29, 0.717) is 5.82 Å². The molecule has 21 heavy (non-hydrogen) atoms. The highest BCUT2D eigenvalue weighted by Crippen LogP contribution is 2.25. The summed E-state index contributed by atoms with van der Waals surface area (Å²) in [5.41, 5.74) is 2.40. The average Bonchev–Trinajstić information content (AvgIpc) is 2.76. The van der Waals surface area contributed by atoms with Crippen LogP contribution in [0.15, 0.2) is 36.5 Å². The molecule has 0 amide bonds. The van der Waals surface area contributed by atoms with Gasteiger partial charge in [0.05, 0.1) is 16.9 Å². The van der Waals surface area contributed by atoms with Crippen LogP contribution in [0.25, 0.3) is 10.9 Å². The first kappa shape index (κ1) is 13.1. The topological polar surface area (TPSA) is 80.0 Å². The number of hydrogen-bond acceptors (Lipinski definition) is 4. The Morgan fingerprint density at radius 3 is 2.76 bits per heavy atom. The maximum atomic E-state index is 11.4. The van der Waals surface area contributed by atoms with E-state index >= 15 is 0 Å². The Morgan fingerprint density at radius 2 is 2.10 bits per heavy atom. The van der Waals surface area contributed by atoms with E-state index in [1.165, 1.54) is 0 Å². The maximum absolute atomic E-state index is 11.4. The third-order valence-corrected chi connectivity index (χ3v) is 3.22. The van der Waals surface area contributed by atoms with Gasteiger partial charge in [-0.3, -0.25) is 4.68 Å². The number of hydrogen-bond donors (Lipinski definition) is 2. The summed E-state index contributed by atoms with van der Waals surface area (Å²) in [5, 5.41) is 17.5. The number of pyridine rings is 1. The van der Waals surface area contributed by atoms with Gasteiger partial charge in [-0.2, -0.15) is 5.10 Å². The molecule has 0 aliphatic carbocycles. The van der Waals surface area contributed by atoms with Gasteiger partial charge < -0.3 is 10.4 Å². The van der Waals surface area contributed by atoms with Gasteiger partial charge in [0.25, 0.3) is 0 Å². The molecule has 6 nitrogen and oxygen atoms in total. The zero-order valence-electron chi connectivity index (χ0n) is 11.7. The molecule has 0 bridgehead atoms. The standard InChI is InChI=1S/C15H14N4O2/c1-9-13(8-19(2)18-9)17-14-11(15(20)21)7-10-5-3-4-6-12(10)16-14/h3-8H,1-2H3,(H,16,17)(H,20,21). The zero-order valence-corrected chi connectivity index (χ0v) is 11.7.